The zero-order valence-corrected chi connectivity index (χ0v) is 18.2. The lowest BCUT2D eigenvalue weighted by atomic mass is 10.1. The molecule has 1 saturated heterocycles. The van der Waals surface area contributed by atoms with Gasteiger partial charge in [-0.3, -0.25) is 14.5 Å². The Morgan fingerprint density at radius 3 is 2.70 bits per heavy atom. The molecule has 5 rings (SSSR count). The number of hydrogen-bond acceptors (Lipinski definition) is 6. The van der Waals surface area contributed by atoms with Gasteiger partial charge in [-0.15, -0.1) is 0 Å². The molecule has 9 nitrogen and oxygen atoms in total. The molecule has 11 heteroatoms. The van der Waals surface area contributed by atoms with Gasteiger partial charge in [0.25, 0.3) is 5.91 Å². The normalized spacial score (nSPS) is 18.5. The van der Waals surface area contributed by atoms with Gasteiger partial charge in [-0.05, 0) is 25.1 Å². The number of aromatic nitrogens is 3. The summed E-state index contributed by atoms with van der Waals surface area (Å²) in [5, 5.41) is 5.10. The third kappa shape index (κ3) is 3.58. The lowest BCUT2D eigenvalue weighted by molar-refractivity contribution is -0.119. The molecule has 0 bridgehead atoms. The van der Waals surface area contributed by atoms with E-state index in [-0.39, 0.29) is 17.3 Å². The highest BCUT2D eigenvalue weighted by molar-refractivity contribution is 6.05. The fourth-order valence-corrected chi connectivity index (χ4v) is 4.41. The zero-order valence-electron chi connectivity index (χ0n) is 18.2. The maximum Gasteiger partial charge on any atom is 0.269 e. The topological polar surface area (TPSA) is 95.4 Å². The second-order valence-corrected chi connectivity index (χ2v) is 8.26. The van der Waals surface area contributed by atoms with E-state index >= 15 is 4.39 Å². The molecule has 0 saturated carbocycles. The molecule has 2 aliphatic heterocycles. The Balaban J connectivity index is 1.31. The first-order valence-corrected chi connectivity index (χ1v) is 10.7. The van der Waals surface area contributed by atoms with Crippen molar-refractivity contribution in [1.82, 2.24) is 24.8 Å². The van der Waals surface area contributed by atoms with Gasteiger partial charge in [-0.1, -0.05) is 0 Å². The van der Waals surface area contributed by atoms with Gasteiger partial charge in [0, 0.05) is 45.3 Å². The number of nitrogens with one attached hydrogen (secondary N) is 2. The van der Waals surface area contributed by atoms with Crippen LogP contribution < -0.4 is 15.5 Å². The predicted molar refractivity (Wildman–Crippen MR) is 118 cm³/mol. The third-order valence-corrected chi connectivity index (χ3v) is 6.31. The SMILES string of the molecule is CNC(=O)c1ccc(N2CCN(Cc3cc4ncn5c4c(c3F)NC(=O)[C@H]5C)CC2)c(F)n1. The molecule has 3 aromatic rings. The molecule has 0 radical (unpaired) electrons. The number of nitrogens with zero attached hydrogens (tertiary/aromatic N) is 5. The van der Waals surface area contributed by atoms with E-state index in [9.17, 15) is 14.0 Å². The summed E-state index contributed by atoms with van der Waals surface area (Å²) in [5.41, 5.74) is 2.21. The molecule has 33 heavy (non-hydrogen) atoms. The van der Waals surface area contributed by atoms with Gasteiger partial charge in [0.2, 0.25) is 11.9 Å². The summed E-state index contributed by atoms with van der Waals surface area (Å²) >= 11 is 0. The minimum Gasteiger partial charge on any atom is -0.365 e. The fraction of sp³-hybridized carbons (Fsp3) is 0.364. The van der Waals surface area contributed by atoms with Crippen molar-refractivity contribution in [2.24, 2.45) is 0 Å². The molecule has 0 spiro atoms. The van der Waals surface area contributed by atoms with E-state index in [1.165, 1.54) is 13.1 Å². The average molecular weight is 455 g/mol. The standard InChI is InChI=1S/C22H23F2N7O2/c1-12-21(32)28-18-17(23)13(9-15-19(18)31(12)11-26-15)10-29-5-7-30(8-6-29)16-4-3-14(22(33)25-2)27-20(16)24/h3-4,9,11-12H,5-8,10H2,1-2H3,(H,25,33)(H,28,32)/t12-/m1/s1. The van der Waals surface area contributed by atoms with Gasteiger partial charge in [0.15, 0.2) is 5.82 Å². The molecule has 1 atom stereocenters. The van der Waals surface area contributed by atoms with E-state index < -0.39 is 23.7 Å². The van der Waals surface area contributed by atoms with Crippen molar-refractivity contribution in [3.63, 3.8) is 0 Å². The third-order valence-electron chi connectivity index (χ3n) is 6.31. The monoisotopic (exact) mass is 455 g/mol. The number of benzene rings is 1. The van der Waals surface area contributed by atoms with Gasteiger partial charge < -0.3 is 20.1 Å². The number of rotatable bonds is 4. The van der Waals surface area contributed by atoms with Crippen LogP contribution in [0.4, 0.5) is 20.2 Å². The van der Waals surface area contributed by atoms with Gasteiger partial charge in [-0.25, -0.2) is 14.4 Å². The number of piperazine rings is 1. The molecular weight excluding hydrogens is 432 g/mol. The van der Waals surface area contributed by atoms with Crippen LogP contribution >= 0.6 is 0 Å². The Labute approximate surface area is 188 Å². The van der Waals surface area contributed by atoms with Crippen molar-refractivity contribution in [2.45, 2.75) is 19.5 Å². The molecule has 0 unspecified atom stereocenters. The summed E-state index contributed by atoms with van der Waals surface area (Å²) in [4.78, 5) is 35.9. The van der Waals surface area contributed by atoms with E-state index in [0.717, 1.165) is 0 Å². The molecule has 2 amide bonds. The van der Waals surface area contributed by atoms with E-state index in [4.69, 9.17) is 0 Å². The van der Waals surface area contributed by atoms with E-state index in [1.54, 1.807) is 30.0 Å². The van der Waals surface area contributed by atoms with Crippen LogP contribution in [0, 0.1) is 11.8 Å². The zero-order chi connectivity index (χ0) is 23.3. The number of hydrogen-bond donors (Lipinski definition) is 2. The lowest BCUT2D eigenvalue weighted by Gasteiger charge is -2.36. The van der Waals surface area contributed by atoms with Crippen molar-refractivity contribution in [1.29, 1.82) is 0 Å². The second-order valence-electron chi connectivity index (χ2n) is 8.26. The van der Waals surface area contributed by atoms with Crippen molar-refractivity contribution < 1.29 is 18.4 Å². The van der Waals surface area contributed by atoms with Crippen LogP contribution in [0.5, 0.6) is 0 Å². The number of pyridine rings is 1. The largest absolute Gasteiger partial charge is 0.365 e. The summed E-state index contributed by atoms with van der Waals surface area (Å²) in [6.45, 7) is 4.31. The lowest BCUT2D eigenvalue weighted by Crippen LogP contribution is -2.46. The summed E-state index contributed by atoms with van der Waals surface area (Å²) in [5.74, 6) is -1.86. The minimum atomic E-state index is -0.694. The Kier molecular flexibility index (Phi) is 5.20. The van der Waals surface area contributed by atoms with E-state index in [0.29, 0.717) is 55.0 Å². The van der Waals surface area contributed by atoms with Crippen molar-refractivity contribution in [3.8, 4) is 0 Å². The first-order chi connectivity index (χ1) is 15.9. The van der Waals surface area contributed by atoms with Crippen molar-refractivity contribution in [2.75, 3.05) is 43.4 Å². The Bertz CT molecular complexity index is 1270. The van der Waals surface area contributed by atoms with Crippen LogP contribution in [0.1, 0.15) is 29.0 Å². The first kappa shape index (κ1) is 21.3. The summed E-state index contributed by atoms with van der Waals surface area (Å²) < 4.78 is 31.5. The molecule has 0 aliphatic carbocycles. The predicted octanol–water partition coefficient (Wildman–Crippen LogP) is 1.90. The molecule has 4 heterocycles. The molecule has 1 fully saturated rings. The number of imidazole rings is 1. The van der Waals surface area contributed by atoms with E-state index in [2.05, 4.69) is 25.5 Å². The van der Waals surface area contributed by atoms with Crippen LogP contribution in [0.2, 0.25) is 0 Å². The second kappa shape index (κ2) is 8.07. The number of halogens is 2. The highest BCUT2D eigenvalue weighted by Gasteiger charge is 2.30. The molecule has 2 aliphatic rings. The van der Waals surface area contributed by atoms with Gasteiger partial charge in [0.05, 0.1) is 23.0 Å². The summed E-state index contributed by atoms with van der Waals surface area (Å²) in [6, 6.07) is 4.33. The smallest absolute Gasteiger partial charge is 0.269 e. The highest BCUT2D eigenvalue weighted by atomic mass is 19.1. The number of anilines is 2. The van der Waals surface area contributed by atoms with Crippen LogP contribution in [0.3, 0.4) is 0 Å². The first-order valence-electron chi connectivity index (χ1n) is 10.7. The Hall–Kier alpha value is -3.60. The summed E-state index contributed by atoms with van der Waals surface area (Å²) in [7, 11) is 1.46. The Morgan fingerprint density at radius 2 is 2.00 bits per heavy atom. The van der Waals surface area contributed by atoms with Crippen LogP contribution in [-0.2, 0) is 11.3 Å². The van der Waals surface area contributed by atoms with Crippen LogP contribution in [0.15, 0.2) is 24.5 Å². The molecule has 2 aromatic heterocycles. The van der Waals surface area contributed by atoms with E-state index in [1.807, 2.05) is 4.90 Å². The maximum absolute atomic E-state index is 15.3. The molecule has 1 aromatic carbocycles. The molecular formula is C22H23F2N7O2. The quantitative estimate of drug-likeness (QED) is 0.584. The van der Waals surface area contributed by atoms with Gasteiger partial charge in [0.1, 0.15) is 17.4 Å². The number of carbonyl (C=O) groups is 2. The average Bonchev–Trinajstić information content (AvgIpc) is 3.24. The van der Waals surface area contributed by atoms with Crippen molar-refractivity contribution >= 4 is 34.2 Å². The number of carbonyl (C=O) groups excluding carboxylic acids is 2. The molecule has 172 valence electrons. The highest BCUT2D eigenvalue weighted by Crippen LogP contribution is 2.35. The van der Waals surface area contributed by atoms with Crippen LogP contribution in [-0.4, -0.2) is 64.5 Å². The van der Waals surface area contributed by atoms with Crippen LogP contribution in [0.25, 0.3) is 11.0 Å². The number of amides is 2. The van der Waals surface area contributed by atoms with Gasteiger partial charge in [-0.2, -0.15) is 4.39 Å². The molecule has 2 N–H and O–H groups in total. The maximum atomic E-state index is 15.3. The minimum absolute atomic E-state index is 0.0242. The summed E-state index contributed by atoms with van der Waals surface area (Å²) in [6.07, 6.45) is 1.57. The Morgan fingerprint density at radius 1 is 1.24 bits per heavy atom. The fourth-order valence-electron chi connectivity index (χ4n) is 4.41. The van der Waals surface area contributed by atoms with Gasteiger partial charge >= 0.3 is 0 Å². The van der Waals surface area contributed by atoms with Crippen molar-refractivity contribution in [3.05, 3.63) is 47.5 Å².